The van der Waals surface area contributed by atoms with Crippen LogP contribution >= 0.6 is 0 Å². The van der Waals surface area contributed by atoms with Crippen molar-refractivity contribution >= 4 is 29.3 Å². The minimum absolute atomic E-state index is 0.00537. The average Bonchev–Trinajstić information content (AvgIpc) is 3.87. The number of anilines is 1. The van der Waals surface area contributed by atoms with Gasteiger partial charge < -0.3 is 52.9 Å². The summed E-state index contributed by atoms with van der Waals surface area (Å²) in [4.78, 5) is 47.2. The monoisotopic (exact) mass is 1010 g/mol. The normalized spacial score (nSPS) is 21.6. The van der Waals surface area contributed by atoms with Gasteiger partial charge in [0.2, 0.25) is 12.6 Å². The molecule has 1 fully saturated rings. The molecule has 4 aliphatic rings. The van der Waals surface area contributed by atoms with Crippen molar-refractivity contribution in [3.63, 3.8) is 0 Å². The van der Waals surface area contributed by atoms with E-state index in [0.29, 0.717) is 95.4 Å². The van der Waals surface area contributed by atoms with Gasteiger partial charge in [-0.3, -0.25) is 20.3 Å². The second kappa shape index (κ2) is 23.9. The molecule has 0 saturated heterocycles. The number of nitrogens with zero attached hydrogens (tertiary/aromatic N) is 3. The van der Waals surface area contributed by atoms with E-state index in [4.69, 9.17) is 47.9 Å². The van der Waals surface area contributed by atoms with Crippen LogP contribution in [0.4, 0.5) is 21.0 Å². The lowest BCUT2D eigenvalue weighted by atomic mass is 9.55. The summed E-state index contributed by atoms with van der Waals surface area (Å²) in [5.74, 6) is -0.418. The Kier molecular flexibility index (Phi) is 17.0. The highest BCUT2D eigenvalue weighted by atomic mass is 16.7. The van der Waals surface area contributed by atoms with Gasteiger partial charge in [0.1, 0.15) is 35.6 Å². The number of fused-ring (bicyclic) bond motifs is 3. The van der Waals surface area contributed by atoms with Gasteiger partial charge in [-0.05, 0) is 116 Å². The predicted molar refractivity (Wildman–Crippen MR) is 267 cm³/mol. The molecule has 1 saturated carbocycles. The molecule has 73 heavy (non-hydrogen) atoms. The predicted octanol–water partition coefficient (Wildman–Crippen LogP) is 9.44. The number of benzene rings is 4. The fraction of sp³-hybridized carbons (Fsp3) is 0.426. The number of amides is 2. The topological polar surface area (TPSA) is 228 Å². The van der Waals surface area contributed by atoms with Crippen LogP contribution in [-0.4, -0.2) is 97.2 Å². The summed E-state index contributed by atoms with van der Waals surface area (Å²) in [6.07, 6.45) is 6.31. The molecule has 4 aromatic carbocycles. The Morgan fingerprint density at radius 3 is 2.38 bits per heavy atom. The molecule has 0 radical (unpaired) electrons. The van der Waals surface area contributed by atoms with Crippen LogP contribution < -0.4 is 33.7 Å². The van der Waals surface area contributed by atoms with Gasteiger partial charge in [-0.1, -0.05) is 36.2 Å². The largest absolute Gasteiger partial charge is 0.497 e. The van der Waals surface area contributed by atoms with E-state index < -0.39 is 40.8 Å². The molecule has 2 heterocycles. The molecule has 8 rings (SSSR count). The molecule has 2 aliphatic carbocycles. The van der Waals surface area contributed by atoms with Gasteiger partial charge in [-0.2, -0.15) is 0 Å². The number of carbonyl (C=O) groups is 2. The van der Waals surface area contributed by atoms with E-state index >= 15 is 0 Å². The molecule has 2 amide bonds. The smallest absolute Gasteiger partial charge is 0.417 e. The number of allylic oxidation sites excluding steroid dienone is 1. The Morgan fingerprint density at radius 2 is 1.66 bits per heavy atom. The van der Waals surface area contributed by atoms with Crippen LogP contribution in [0.3, 0.4) is 0 Å². The molecule has 0 spiro atoms. The number of unbranched alkanes of at least 4 members (excludes halogenated alkanes) is 2. The maximum absolute atomic E-state index is 14.7. The Hall–Kier alpha value is -7.35. The zero-order valence-corrected chi connectivity index (χ0v) is 41.2. The first kappa shape index (κ1) is 52.0. The Morgan fingerprint density at radius 1 is 0.918 bits per heavy atom. The minimum atomic E-state index is -1.64. The average molecular weight is 1010 g/mol. The molecule has 19 nitrogen and oxygen atoms in total. The van der Waals surface area contributed by atoms with Gasteiger partial charge in [0.25, 0.3) is 5.69 Å². The number of oxime groups is 1. The van der Waals surface area contributed by atoms with Crippen molar-refractivity contribution in [1.29, 1.82) is 0 Å². The number of nitro groups is 1. The number of hydrogen-bond donors (Lipinski definition) is 3. The molecule has 2 aliphatic heterocycles. The lowest BCUT2D eigenvalue weighted by Gasteiger charge is -2.59. The summed E-state index contributed by atoms with van der Waals surface area (Å²) in [6.45, 7) is 5.88. The van der Waals surface area contributed by atoms with Crippen LogP contribution in [0.1, 0.15) is 74.5 Å². The van der Waals surface area contributed by atoms with E-state index in [0.717, 1.165) is 5.57 Å². The minimum Gasteiger partial charge on any atom is -0.497 e. The Balaban J connectivity index is 1.29. The van der Waals surface area contributed by atoms with Crippen molar-refractivity contribution in [3.8, 4) is 34.5 Å². The second-order valence-corrected chi connectivity index (χ2v) is 18.1. The maximum Gasteiger partial charge on any atom is 0.417 e. The number of nitrogens with one attached hydrogen (secondary N) is 1. The van der Waals surface area contributed by atoms with Crippen LogP contribution in [0.2, 0.25) is 0 Å². The van der Waals surface area contributed by atoms with Crippen LogP contribution in [-0.2, 0) is 27.5 Å². The summed E-state index contributed by atoms with van der Waals surface area (Å²) in [5, 5.41) is 39.2. The fourth-order valence-corrected chi connectivity index (χ4v) is 10.5. The maximum atomic E-state index is 14.7. The van der Waals surface area contributed by atoms with E-state index in [2.05, 4.69) is 18.0 Å². The summed E-state index contributed by atoms with van der Waals surface area (Å²) in [7, 11) is 3.01. The molecule has 4 aromatic rings. The number of nitro benzene ring substituents is 1. The van der Waals surface area contributed by atoms with Crippen molar-refractivity contribution < 1.29 is 67.5 Å². The van der Waals surface area contributed by atoms with Gasteiger partial charge in [-0.15, -0.1) is 6.58 Å². The highest BCUT2D eigenvalue weighted by molar-refractivity contribution is 6.03. The third-order valence-corrected chi connectivity index (χ3v) is 13.7. The van der Waals surface area contributed by atoms with Crippen molar-refractivity contribution in [2.24, 2.45) is 22.9 Å². The lowest BCUT2D eigenvalue weighted by Crippen LogP contribution is -2.70. The van der Waals surface area contributed by atoms with Gasteiger partial charge in [-0.25, -0.2) is 9.59 Å². The number of non-ortho nitro benzene ring substituents is 1. The number of carbonyl (C=O) groups excluding carboxylic acids is 2. The third-order valence-electron chi connectivity index (χ3n) is 13.7. The van der Waals surface area contributed by atoms with Gasteiger partial charge in [0.15, 0.2) is 11.5 Å². The number of hydrogen-bond acceptors (Lipinski definition) is 16. The van der Waals surface area contributed by atoms with E-state index in [1.54, 1.807) is 72.5 Å². The fourth-order valence-electron chi connectivity index (χ4n) is 10.5. The standard InChI is InChI=1S/C54H62N4O15/c1-5-25-70-54-49(57(53(62)67-6-2)31-35-15-21-46-48(26-35)69-33-68-46)30-44(56-71-32-34-13-16-37(17-14-34)58(63)64)41-27-36(11-7-9-23-59)40(12-8-10-24-60)50(51(41)54)42-28-39(19-22-45(42)73-54)72-52(61)55-43-20-18-38(65-3)29-47(43)66-4/h5,13-22,26-29,36,40,49-51,59-60H,1,6-12,23-25,30-33H2,2-4H3,(H,55,61). The highest BCUT2D eigenvalue weighted by Crippen LogP contribution is 2.62. The summed E-state index contributed by atoms with van der Waals surface area (Å²) in [6, 6.07) is 20.7. The quantitative estimate of drug-likeness (QED) is 0.0272. The van der Waals surface area contributed by atoms with Crippen molar-refractivity contribution in [2.75, 3.05) is 52.8 Å². The van der Waals surface area contributed by atoms with Crippen LogP contribution in [0.5, 0.6) is 34.5 Å². The van der Waals surface area contributed by atoms with Gasteiger partial charge in [0.05, 0.1) is 49.7 Å². The number of methoxy groups -OCH3 is 2. The molecule has 6 atom stereocenters. The lowest BCUT2D eigenvalue weighted by molar-refractivity contribution is -0.384. The number of aliphatic hydroxyl groups excluding tert-OH is 2. The summed E-state index contributed by atoms with van der Waals surface area (Å²) >= 11 is 0. The zero-order valence-electron chi connectivity index (χ0n) is 41.2. The molecular weight excluding hydrogens is 945 g/mol. The molecule has 0 bridgehead atoms. The van der Waals surface area contributed by atoms with Crippen LogP contribution in [0.15, 0.2) is 108 Å². The number of rotatable bonds is 23. The van der Waals surface area contributed by atoms with Crippen LogP contribution in [0, 0.1) is 27.9 Å². The van der Waals surface area contributed by atoms with Crippen LogP contribution in [0.25, 0.3) is 0 Å². The van der Waals surface area contributed by atoms with Crippen molar-refractivity contribution in [1.82, 2.24) is 4.90 Å². The Labute approximate surface area is 423 Å². The van der Waals surface area contributed by atoms with E-state index in [-0.39, 0.29) is 76.1 Å². The van der Waals surface area contributed by atoms with Gasteiger partial charge >= 0.3 is 12.2 Å². The molecule has 0 aromatic heterocycles. The van der Waals surface area contributed by atoms with E-state index in [9.17, 15) is 29.9 Å². The van der Waals surface area contributed by atoms with Crippen molar-refractivity contribution in [2.45, 2.75) is 82.8 Å². The SMILES string of the molecule is C=CCOC12Oc3ccc(OC(=O)Nc4ccc(OC)cc4OC)cc3C3C(CCCCO)C(CCCCO)C=C(C(=NOCc4ccc([N+](=O)[O-])cc4)CC1N(Cc1ccc4c(c1)OCO4)C(=O)OCC)C32. The number of aliphatic hydroxyl groups is 2. The van der Waals surface area contributed by atoms with Gasteiger partial charge in [0, 0.05) is 55.9 Å². The Bertz CT molecular complexity index is 2680. The summed E-state index contributed by atoms with van der Waals surface area (Å²) < 4.78 is 48.5. The zero-order chi connectivity index (χ0) is 51.5. The molecular formula is C54H62N4O15. The van der Waals surface area contributed by atoms with Crippen molar-refractivity contribution in [3.05, 3.63) is 130 Å². The highest BCUT2D eigenvalue weighted by Gasteiger charge is 2.66. The molecule has 388 valence electrons. The first-order valence-corrected chi connectivity index (χ1v) is 24.5. The second-order valence-electron chi connectivity index (χ2n) is 18.1. The third kappa shape index (κ3) is 11.5. The van der Waals surface area contributed by atoms with E-state index in [1.807, 2.05) is 12.1 Å². The number of ether oxygens (including phenoxy) is 8. The summed E-state index contributed by atoms with van der Waals surface area (Å²) in [5.41, 5.74) is 3.62. The molecule has 19 heteroatoms. The molecule has 6 unspecified atom stereocenters. The van der Waals surface area contributed by atoms with E-state index in [1.165, 1.54) is 26.4 Å². The first-order valence-electron chi connectivity index (χ1n) is 24.5. The molecule has 3 N–H and O–H groups in total. The first-order chi connectivity index (χ1) is 35.5.